The van der Waals surface area contributed by atoms with Crippen molar-refractivity contribution in [3.05, 3.63) is 34.9 Å². The van der Waals surface area contributed by atoms with E-state index in [9.17, 15) is 9.59 Å². The van der Waals surface area contributed by atoms with E-state index in [1.807, 2.05) is 24.3 Å². The van der Waals surface area contributed by atoms with Crippen molar-refractivity contribution in [2.45, 2.75) is 39.7 Å². The Balaban J connectivity index is 2.42. The second kappa shape index (κ2) is 9.40. The summed E-state index contributed by atoms with van der Waals surface area (Å²) in [6, 6.07) is 7.42. The Morgan fingerprint density at radius 3 is 2.48 bits per heavy atom. The topological polar surface area (TPSA) is 49.4 Å². The molecule has 2 amide bonds. The highest BCUT2D eigenvalue weighted by atomic mass is 35.5. The van der Waals surface area contributed by atoms with Crippen LogP contribution in [0.25, 0.3) is 0 Å². The Labute approximate surface area is 131 Å². The van der Waals surface area contributed by atoms with Gasteiger partial charge in [-0.25, -0.2) is 0 Å². The molecule has 0 saturated heterocycles. The van der Waals surface area contributed by atoms with Gasteiger partial charge >= 0.3 is 0 Å². The van der Waals surface area contributed by atoms with Gasteiger partial charge in [0.05, 0.1) is 0 Å². The van der Waals surface area contributed by atoms with Gasteiger partial charge in [0.25, 0.3) is 0 Å². The quantitative estimate of drug-likeness (QED) is 0.802. The van der Waals surface area contributed by atoms with E-state index in [1.165, 1.54) is 6.92 Å². The number of hydrogen-bond acceptors (Lipinski definition) is 2. The van der Waals surface area contributed by atoms with E-state index in [4.69, 9.17) is 11.6 Å². The number of rotatable bonds is 8. The summed E-state index contributed by atoms with van der Waals surface area (Å²) in [5.41, 5.74) is 1.02. The fourth-order valence-electron chi connectivity index (χ4n) is 1.91. The minimum atomic E-state index is -0.00671. The molecule has 0 aliphatic rings. The lowest BCUT2D eigenvalue weighted by atomic mass is 10.2. The zero-order valence-corrected chi connectivity index (χ0v) is 13.4. The molecular formula is C16H23ClN2O2. The van der Waals surface area contributed by atoms with Gasteiger partial charge in [0, 0.05) is 38.0 Å². The standard InChI is InChI=1S/C16H23ClN2O2/c1-3-4-5-16(21)18-10-11-19(13(2)20)12-14-6-8-15(17)9-7-14/h6-9H,3-5,10-12H2,1-2H3,(H,18,21). The van der Waals surface area contributed by atoms with Crippen LogP contribution in [0.15, 0.2) is 24.3 Å². The zero-order chi connectivity index (χ0) is 15.7. The first kappa shape index (κ1) is 17.5. The highest BCUT2D eigenvalue weighted by Gasteiger charge is 2.10. The fraction of sp³-hybridized carbons (Fsp3) is 0.500. The highest BCUT2D eigenvalue weighted by molar-refractivity contribution is 6.30. The summed E-state index contributed by atoms with van der Waals surface area (Å²) < 4.78 is 0. The monoisotopic (exact) mass is 310 g/mol. The number of hydrogen-bond donors (Lipinski definition) is 1. The molecule has 1 rings (SSSR count). The summed E-state index contributed by atoms with van der Waals surface area (Å²) in [5.74, 6) is 0.0413. The van der Waals surface area contributed by atoms with E-state index < -0.39 is 0 Å². The lowest BCUT2D eigenvalue weighted by molar-refractivity contribution is -0.130. The molecule has 1 aromatic rings. The molecule has 0 aromatic heterocycles. The summed E-state index contributed by atoms with van der Waals surface area (Å²) >= 11 is 5.84. The number of nitrogens with zero attached hydrogens (tertiary/aromatic N) is 1. The van der Waals surface area contributed by atoms with E-state index in [0.717, 1.165) is 18.4 Å². The molecule has 0 heterocycles. The van der Waals surface area contributed by atoms with E-state index in [2.05, 4.69) is 12.2 Å². The molecule has 4 nitrogen and oxygen atoms in total. The SMILES string of the molecule is CCCCC(=O)NCCN(Cc1ccc(Cl)cc1)C(C)=O. The number of benzene rings is 1. The molecule has 0 unspecified atom stereocenters. The average Bonchev–Trinajstić information content (AvgIpc) is 2.46. The minimum absolute atomic E-state index is 0.00671. The molecule has 1 aromatic carbocycles. The molecule has 0 bridgehead atoms. The van der Waals surface area contributed by atoms with E-state index in [0.29, 0.717) is 31.1 Å². The van der Waals surface area contributed by atoms with Crippen LogP contribution in [-0.2, 0) is 16.1 Å². The maximum atomic E-state index is 11.7. The van der Waals surface area contributed by atoms with Gasteiger partial charge in [-0.2, -0.15) is 0 Å². The molecule has 0 aliphatic carbocycles. The Kier molecular flexibility index (Phi) is 7.83. The van der Waals surface area contributed by atoms with Gasteiger partial charge in [0.2, 0.25) is 11.8 Å². The Morgan fingerprint density at radius 2 is 1.90 bits per heavy atom. The van der Waals surface area contributed by atoms with Crippen molar-refractivity contribution in [2.75, 3.05) is 13.1 Å². The number of amides is 2. The van der Waals surface area contributed by atoms with Crippen molar-refractivity contribution in [2.24, 2.45) is 0 Å². The van der Waals surface area contributed by atoms with Gasteiger partial charge in [-0.1, -0.05) is 37.1 Å². The average molecular weight is 311 g/mol. The van der Waals surface area contributed by atoms with Crippen molar-refractivity contribution in [3.63, 3.8) is 0 Å². The summed E-state index contributed by atoms with van der Waals surface area (Å²) in [6.07, 6.45) is 2.45. The summed E-state index contributed by atoms with van der Waals surface area (Å²) in [4.78, 5) is 24.9. The number of carbonyl (C=O) groups excluding carboxylic acids is 2. The lowest BCUT2D eigenvalue weighted by Crippen LogP contribution is -2.37. The largest absolute Gasteiger partial charge is 0.354 e. The number of unbranched alkanes of at least 4 members (excludes halogenated alkanes) is 1. The van der Waals surface area contributed by atoms with Crippen LogP contribution in [0.2, 0.25) is 5.02 Å². The first-order chi connectivity index (χ1) is 10.0. The fourth-order valence-corrected chi connectivity index (χ4v) is 2.04. The maximum absolute atomic E-state index is 11.7. The molecule has 0 saturated carbocycles. The zero-order valence-electron chi connectivity index (χ0n) is 12.7. The maximum Gasteiger partial charge on any atom is 0.220 e. The Morgan fingerprint density at radius 1 is 1.24 bits per heavy atom. The van der Waals surface area contributed by atoms with Crippen LogP contribution in [0.4, 0.5) is 0 Å². The van der Waals surface area contributed by atoms with Crippen LogP contribution >= 0.6 is 11.6 Å². The first-order valence-electron chi connectivity index (χ1n) is 7.29. The highest BCUT2D eigenvalue weighted by Crippen LogP contribution is 2.11. The van der Waals surface area contributed by atoms with Crippen molar-refractivity contribution in [1.82, 2.24) is 10.2 Å². The van der Waals surface area contributed by atoms with Crippen LogP contribution in [0.1, 0.15) is 38.7 Å². The van der Waals surface area contributed by atoms with Gasteiger partial charge in [0.15, 0.2) is 0 Å². The molecule has 116 valence electrons. The van der Waals surface area contributed by atoms with Crippen molar-refractivity contribution in [3.8, 4) is 0 Å². The van der Waals surface area contributed by atoms with Crippen LogP contribution in [0.5, 0.6) is 0 Å². The van der Waals surface area contributed by atoms with Crippen molar-refractivity contribution < 1.29 is 9.59 Å². The number of halogens is 1. The van der Waals surface area contributed by atoms with Gasteiger partial charge in [-0.3, -0.25) is 9.59 Å². The Hall–Kier alpha value is -1.55. The van der Waals surface area contributed by atoms with Crippen LogP contribution in [0, 0.1) is 0 Å². The van der Waals surface area contributed by atoms with E-state index >= 15 is 0 Å². The third-order valence-corrected chi connectivity index (χ3v) is 3.45. The van der Waals surface area contributed by atoms with Crippen molar-refractivity contribution >= 4 is 23.4 Å². The smallest absolute Gasteiger partial charge is 0.220 e. The van der Waals surface area contributed by atoms with Crippen molar-refractivity contribution in [1.29, 1.82) is 0 Å². The predicted octanol–water partition coefficient (Wildman–Crippen LogP) is 2.99. The molecule has 0 radical (unpaired) electrons. The lowest BCUT2D eigenvalue weighted by Gasteiger charge is -2.21. The van der Waals surface area contributed by atoms with Crippen LogP contribution in [0.3, 0.4) is 0 Å². The molecule has 1 N–H and O–H groups in total. The van der Waals surface area contributed by atoms with Crippen LogP contribution < -0.4 is 5.32 Å². The number of carbonyl (C=O) groups is 2. The normalized spacial score (nSPS) is 10.2. The molecule has 0 atom stereocenters. The molecule has 5 heteroatoms. The van der Waals surface area contributed by atoms with Crippen LogP contribution in [-0.4, -0.2) is 29.8 Å². The first-order valence-corrected chi connectivity index (χ1v) is 7.67. The van der Waals surface area contributed by atoms with Gasteiger partial charge in [-0.05, 0) is 24.1 Å². The molecule has 0 fully saturated rings. The summed E-state index contributed by atoms with van der Waals surface area (Å²) in [5, 5.41) is 3.52. The Bertz CT molecular complexity index is 460. The molecule has 0 aliphatic heterocycles. The second-order valence-corrected chi connectivity index (χ2v) is 5.46. The molecule has 0 spiro atoms. The third kappa shape index (κ3) is 7.14. The van der Waals surface area contributed by atoms with Gasteiger partial charge < -0.3 is 10.2 Å². The second-order valence-electron chi connectivity index (χ2n) is 5.02. The minimum Gasteiger partial charge on any atom is -0.354 e. The molecular weight excluding hydrogens is 288 g/mol. The van der Waals surface area contributed by atoms with E-state index in [1.54, 1.807) is 4.90 Å². The van der Waals surface area contributed by atoms with E-state index in [-0.39, 0.29) is 11.8 Å². The number of nitrogens with one attached hydrogen (secondary N) is 1. The molecule has 21 heavy (non-hydrogen) atoms. The predicted molar refractivity (Wildman–Crippen MR) is 85.1 cm³/mol. The summed E-state index contributed by atoms with van der Waals surface area (Å²) in [7, 11) is 0. The van der Waals surface area contributed by atoms with Gasteiger partial charge in [0.1, 0.15) is 0 Å². The van der Waals surface area contributed by atoms with Gasteiger partial charge in [-0.15, -0.1) is 0 Å². The third-order valence-electron chi connectivity index (χ3n) is 3.19. The summed E-state index contributed by atoms with van der Waals surface area (Å²) in [6.45, 7) is 5.11.